The third-order valence-electron chi connectivity index (χ3n) is 2.63. The quantitative estimate of drug-likeness (QED) is 0.922. The molecule has 0 saturated heterocycles. The summed E-state index contributed by atoms with van der Waals surface area (Å²) in [5.41, 5.74) is 1.36. The Balaban J connectivity index is 1.76. The smallest absolute Gasteiger partial charge is 0.276 e. The highest BCUT2D eigenvalue weighted by atomic mass is 35.5. The lowest BCUT2D eigenvalue weighted by molar-refractivity contribution is 0.0974. The average molecular weight is 324 g/mol. The van der Waals surface area contributed by atoms with Crippen molar-refractivity contribution < 1.29 is 4.79 Å². The molecule has 1 amide bonds. The number of rotatable bonds is 2. The molecule has 0 radical (unpaired) electrons. The number of benzene rings is 1. The van der Waals surface area contributed by atoms with Crippen molar-refractivity contribution >= 4 is 45.8 Å². The van der Waals surface area contributed by atoms with Gasteiger partial charge in [-0.15, -0.1) is 11.3 Å². The number of amidine groups is 1. The molecule has 0 spiro atoms. The van der Waals surface area contributed by atoms with Gasteiger partial charge in [0.2, 0.25) is 0 Å². The Labute approximate surface area is 129 Å². The third-order valence-corrected chi connectivity index (χ3v) is 4.67. The van der Waals surface area contributed by atoms with Crippen LogP contribution in [-0.2, 0) is 0 Å². The Kier molecular flexibility index (Phi) is 4.05. The van der Waals surface area contributed by atoms with Gasteiger partial charge in [-0.05, 0) is 12.1 Å². The molecule has 1 N–H and O–H groups in total. The van der Waals surface area contributed by atoms with Gasteiger partial charge >= 0.3 is 0 Å². The Bertz CT molecular complexity index is 667. The standard InChI is InChI=1S/C13H10ClN3OS2/c14-9-3-1-8(2-4-9)12-16-10(7-20-12)11(18)17-13-15-5-6-19-13/h1-4,7H,5-6H2,(H,15,17,18). The van der Waals surface area contributed by atoms with E-state index in [0.717, 1.165) is 22.9 Å². The van der Waals surface area contributed by atoms with Gasteiger partial charge in [-0.2, -0.15) is 0 Å². The maximum Gasteiger partial charge on any atom is 0.276 e. The molecule has 2 heterocycles. The van der Waals surface area contributed by atoms with Crippen LogP contribution in [0.1, 0.15) is 10.5 Å². The number of halogens is 1. The Morgan fingerprint density at radius 1 is 1.30 bits per heavy atom. The van der Waals surface area contributed by atoms with E-state index < -0.39 is 0 Å². The van der Waals surface area contributed by atoms with Gasteiger partial charge < -0.3 is 0 Å². The minimum absolute atomic E-state index is 0.213. The van der Waals surface area contributed by atoms with Crippen molar-refractivity contribution in [2.24, 2.45) is 4.99 Å². The summed E-state index contributed by atoms with van der Waals surface area (Å²) >= 11 is 8.84. The van der Waals surface area contributed by atoms with Crippen molar-refractivity contribution in [3.05, 3.63) is 40.4 Å². The Morgan fingerprint density at radius 2 is 2.10 bits per heavy atom. The van der Waals surface area contributed by atoms with Gasteiger partial charge in [0, 0.05) is 21.7 Å². The molecule has 1 aromatic carbocycles. The second-order valence-electron chi connectivity index (χ2n) is 4.03. The van der Waals surface area contributed by atoms with Crippen molar-refractivity contribution in [3.8, 4) is 10.6 Å². The number of aliphatic imine (C=N–C) groups is 1. The van der Waals surface area contributed by atoms with Crippen molar-refractivity contribution in [2.45, 2.75) is 0 Å². The van der Waals surface area contributed by atoms with Crippen LogP contribution in [0.4, 0.5) is 0 Å². The van der Waals surface area contributed by atoms with E-state index in [9.17, 15) is 4.79 Å². The number of amides is 1. The number of aromatic nitrogens is 1. The van der Waals surface area contributed by atoms with Crippen molar-refractivity contribution in [2.75, 3.05) is 12.3 Å². The zero-order valence-corrected chi connectivity index (χ0v) is 12.7. The number of thioether (sulfide) groups is 1. The summed E-state index contributed by atoms with van der Waals surface area (Å²) in [5, 5.41) is 6.67. The predicted molar refractivity (Wildman–Crippen MR) is 84.8 cm³/mol. The molecule has 20 heavy (non-hydrogen) atoms. The molecule has 0 atom stereocenters. The molecule has 3 rings (SSSR count). The highest BCUT2D eigenvalue weighted by Crippen LogP contribution is 2.25. The van der Waals surface area contributed by atoms with E-state index in [1.54, 1.807) is 17.1 Å². The first-order chi connectivity index (χ1) is 9.72. The van der Waals surface area contributed by atoms with E-state index >= 15 is 0 Å². The first kappa shape index (κ1) is 13.6. The van der Waals surface area contributed by atoms with E-state index in [1.807, 2.05) is 24.3 Å². The zero-order valence-electron chi connectivity index (χ0n) is 10.3. The monoisotopic (exact) mass is 323 g/mol. The molecule has 2 aromatic rings. The normalized spacial score (nSPS) is 14.2. The van der Waals surface area contributed by atoms with Crippen LogP contribution >= 0.6 is 34.7 Å². The van der Waals surface area contributed by atoms with Crippen LogP contribution in [0.15, 0.2) is 34.6 Å². The van der Waals surface area contributed by atoms with Gasteiger partial charge in [-0.25, -0.2) is 4.98 Å². The molecular formula is C13H10ClN3OS2. The molecular weight excluding hydrogens is 314 g/mol. The predicted octanol–water partition coefficient (Wildman–Crippen LogP) is 3.30. The minimum Gasteiger partial charge on any atom is -0.300 e. The van der Waals surface area contributed by atoms with E-state index in [0.29, 0.717) is 15.9 Å². The second kappa shape index (κ2) is 5.95. The summed E-state index contributed by atoms with van der Waals surface area (Å²) in [6, 6.07) is 7.39. The molecule has 0 fully saturated rings. The number of nitrogens with one attached hydrogen (secondary N) is 1. The van der Waals surface area contributed by atoms with Gasteiger partial charge in [-0.1, -0.05) is 35.5 Å². The van der Waals surface area contributed by atoms with Crippen LogP contribution in [0.3, 0.4) is 0 Å². The van der Waals surface area contributed by atoms with Gasteiger partial charge in [0.15, 0.2) is 5.17 Å². The summed E-state index contributed by atoms with van der Waals surface area (Å²) in [6.45, 7) is 0.757. The van der Waals surface area contributed by atoms with E-state index in [2.05, 4.69) is 15.3 Å². The summed E-state index contributed by atoms with van der Waals surface area (Å²) in [5.74, 6) is 0.706. The van der Waals surface area contributed by atoms with Crippen molar-refractivity contribution in [1.29, 1.82) is 0 Å². The lowest BCUT2D eigenvalue weighted by atomic mass is 10.2. The number of hydrogen-bond acceptors (Lipinski definition) is 5. The van der Waals surface area contributed by atoms with E-state index in [1.165, 1.54) is 11.3 Å². The molecule has 7 heteroatoms. The van der Waals surface area contributed by atoms with Gasteiger partial charge in [0.25, 0.3) is 5.91 Å². The summed E-state index contributed by atoms with van der Waals surface area (Å²) in [4.78, 5) is 20.6. The Morgan fingerprint density at radius 3 is 2.80 bits per heavy atom. The van der Waals surface area contributed by atoms with E-state index in [-0.39, 0.29) is 5.91 Å². The molecule has 0 saturated carbocycles. The molecule has 1 aromatic heterocycles. The summed E-state index contributed by atoms with van der Waals surface area (Å²) in [6.07, 6.45) is 0. The fourth-order valence-electron chi connectivity index (χ4n) is 1.68. The van der Waals surface area contributed by atoms with Crippen LogP contribution in [0.5, 0.6) is 0 Å². The van der Waals surface area contributed by atoms with E-state index in [4.69, 9.17) is 11.6 Å². The van der Waals surface area contributed by atoms with Crippen LogP contribution in [-0.4, -0.2) is 28.4 Å². The number of carbonyl (C=O) groups is 1. The number of hydrogen-bond donors (Lipinski definition) is 1. The molecule has 0 unspecified atom stereocenters. The highest BCUT2D eigenvalue weighted by Gasteiger charge is 2.15. The van der Waals surface area contributed by atoms with Gasteiger partial charge in [0.05, 0.1) is 6.54 Å². The fourth-order valence-corrected chi connectivity index (χ4v) is 3.33. The largest absolute Gasteiger partial charge is 0.300 e. The van der Waals surface area contributed by atoms with Crippen LogP contribution < -0.4 is 5.32 Å². The lowest BCUT2D eigenvalue weighted by Crippen LogP contribution is -2.27. The SMILES string of the molecule is O=C(NC1=NCCS1)c1csc(-c2ccc(Cl)cc2)n1. The lowest BCUT2D eigenvalue weighted by Gasteiger charge is -2.00. The topological polar surface area (TPSA) is 54.4 Å². The molecule has 1 aliphatic rings. The Hall–Kier alpha value is -1.37. The molecule has 1 aliphatic heterocycles. The first-order valence-corrected chi connectivity index (χ1v) is 8.17. The number of carbonyl (C=O) groups excluding carboxylic acids is 1. The minimum atomic E-state index is -0.213. The van der Waals surface area contributed by atoms with Crippen molar-refractivity contribution in [3.63, 3.8) is 0 Å². The maximum absolute atomic E-state index is 12.0. The molecule has 0 aliphatic carbocycles. The highest BCUT2D eigenvalue weighted by molar-refractivity contribution is 8.14. The fraction of sp³-hybridized carbons (Fsp3) is 0.154. The molecule has 0 bridgehead atoms. The number of thiazole rings is 1. The summed E-state index contributed by atoms with van der Waals surface area (Å²) < 4.78 is 0. The average Bonchev–Trinajstić information content (AvgIpc) is 3.10. The first-order valence-electron chi connectivity index (χ1n) is 5.92. The van der Waals surface area contributed by atoms with Crippen LogP contribution in [0.2, 0.25) is 5.02 Å². The van der Waals surface area contributed by atoms with Gasteiger partial charge in [-0.3, -0.25) is 15.1 Å². The van der Waals surface area contributed by atoms with Crippen molar-refractivity contribution in [1.82, 2.24) is 10.3 Å². The third kappa shape index (κ3) is 3.03. The van der Waals surface area contributed by atoms with Crippen LogP contribution in [0.25, 0.3) is 10.6 Å². The molecule has 102 valence electrons. The second-order valence-corrected chi connectivity index (χ2v) is 6.41. The maximum atomic E-state index is 12.0. The molecule has 4 nitrogen and oxygen atoms in total. The zero-order chi connectivity index (χ0) is 13.9. The summed E-state index contributed by atoms with van der Waals surface area (Å²) in [7, 11) is 0. The van der Waals surface area contributed by atoms with Crippen LogP contribution in [0, 0.1) is 0 Å². The van der Waals surface area contributed by atoms with Gasteiger partial charge in [0.1, 0.15) is 10.7 Å². The number of nitrogens with zero attached hydrogens (tertiary/aromatic N) is 2.